The summed E-state index contributed by atoms with van der Waals surface area (Å²) in [7, 11) is 3.23. The zero-order valence-electron chi connectivity index (χ0n) is 17.6. The molecular formula is C22H32IN3O3. The molecule has 29 heavy (non-hydrogen) atoms. The standard InChI is InChI=1S/C22H31N3O3.HI/c1-16(2)15-28-19-8-5-17(6-9-19)11-12-24-22(23)25-14-18-7-10-20(26-3)21(13-18)27-4;/h5-10,13,16H,11-12,14-15H2,1-4H3,(H3,23,24,25);1H. The molecule has 0 bridgehead atoms. The molecule has 0 aliphatic heterocycles. The van der Waals surface area contributed by atoms with Gasteiger partial charge >= 0.3 is 0 Å². The Morgan fingerprint density at radius 2 is 1.66 bits per heavy atom. The van der Waals surface area contributed by atoms with E-state index in [1.54, 1.807) is 14.2 Å². The quantitative estimate of drug-likeness (QED) is 0.285. The molecule has 6 nitrogen and oxygen atoms in total. The van der Waals surface area contributed by atoms with Gasteiger partial charge in [0.05, 0.1) is 27.4 Å². The van der Waals surface area contributed by atoms with Gasteiger partial charge in [-0.15, -0.1) is 24.0 Å². The highest BCUT2D eigenvalue weighted by Crippen LogP contribution is 2.27. The van der Waals surface area contributed by atoms with E-state index in [1.807, 2.05) is 30.3 Å². The number of halogens is 1. The fourth-order valence-corrected chi connectivity index (χ4v) is 2.56. The van der Waals surface area contributed by atoms with E-state index in [1.165, 1.54) is 5.56 Å². The van der Waals surface area contributed by atoms with Gasteiger partial charge in [0.1, 0.15) is 5.75 Å². The smallest absolute Gasteiger partial charge is 0.188 e. The van der Waals surface area contributed by atoms with E-state index in [2.05, 4.69) is 36.3 Å². The lowest BCUT2D eigenvalue weighted by Crippen LogP contribution is -2.33. The van der Waals surface area contributed by atoms with Crippen molar-refractivity contribution in [2.75, 3.05) is 27.4 Å². The number of hydrogen-bond donors (Lipinski definition) is 2. The number of guanidine groups is 1. The van der Waals surface area contributed by atoms with Crippen molar-refractivity contribution in [3.63, 3.8) is 0 Å². The summed E-state index contributed by atoms with van der Waals surface area (Å²) in [6.45, 7) is 6.19. The van der Waals surface area contributed by atoms with Crippen LogP contribution in [0.3, 0.4) is 0 Å². The molecule has 2 aromatic carbocycles. The highest BCUT2D eigenvalue weighted by molar-refractivity contribution is 14.0. The molecule has 7 heteroatoms. The number of methoxy groups -OCH3 is 2. The summed E-state index contributed by atoms with van der Waals surface area (Å²) in [5, 5.41) is 3.15. The minimum absolute atomic E-state index is 0. The van der Waals surface area contributed by atoms with Crippen molar-refractivity contribution in [3.05, 3.63) is 53.6 Å². The van der Waals surface area contributed by atoms with Crippen LogP contribution in [0.15, 0.2) is 47.5 Å². The third kappa shape index (κ3) is 8.81. The van der Waals surface area contributed by atoms with Crippen molar-refractivity contribution in [2.45, 2.75) is 26.8 Å². The molecule has 0 radical (unpaired) electrons. The Balaban J connectivity index is 0.00000420. The van der Waals surface area contributed by atoms with Gasteiger partial charge in [-0.05, 0) is 47.7 Å². The van der Waals surface area contributed by atoms with Crippen molar-refractivity contribution in [1.82, 2.24) is 5.32 Å². The molecule has 0 heterocycles. The van der Waals surface area contributed by atoms with Gasteiger partial charge in [-0.2, -0.15) is 0 Å². The van der Waals surface area contributed by atoms with Gasteiger partial charge in [0.15, 0.2) is 17.5 Å². The van der Waals surface area contributed by atoms with Gasteiger partial charge in [-0.3, -0.25) is 0 Å². The fraction of sp³-hybridized carbons (Fsp3) is 0.409. The molecule has 160 valence electrons. The van der Waals surface area contributed by atoms with Crippen LogP contribution in [0.1, 0.15) is 25.0 Å². The minimum atomic E-state index is 0. The molecule has 2 rings (SSSR count). The number of benzene rings is 2. The maximum absolute atomic E-state index is 5.97. The second kappa shape index (κ2) is 13.1. The molecule has 3 N–H and O–H groups in total. The monoisotopic (exact) mass is 513 g/mol. The Morgan fingerprint density at radius 1 is 1.00 bits per heavy atom. The van der Waals surface area contributed by atoms with E-state index >= 15 is 0 Å². The maximum atomic E-state index is 5.97. The SMILES string of the molecule is COc1ccc(CN=C(N)NCCc2ccc(OCC(C)C)cc2)cc1OC.I. The van der Waals surface area contributed by atoms with Crippen LogP contribution in [-0.4, -0.2) is 33.3 Å². The predicted octanol–water partition coefficient (Wildman–Crippen LogP) is 4.00. The Labute approximate surface area is 190 Å². The summed E-state index contributed by atoms with van der Waals surface area (Å²) < 4.78 is 16.2. The number of hydrogen-bond acceptors (Lipinski definition) is 4. The highest BCUT2D eigenvalue weighted by atomic mass is 127. The van der Waals surface area contributed by atoms with Crippen LogP contribution in [0.2, 0.25) is 0 Å². The van der Waals surface area contributed by atoms with E-state index < -0.39 is 0 Å². The summed E-state index contributed by atoms with van der Waals surface area (Å²) in [6.07, 6.45) is 0.858. The van der Waals surface area contributed by atoms with Crippen molar-refractivity contribution in [1.29, 1.82) is 0 Å². The molecule has 0 aliphatic carbocycles. The van der Waals surface area contributed by atoms with Crippen molar-refractivity contribution < 1.29 is 14.2 Å². The number of rotatable bonds is 10. The lowest BCUT2D eigenvalue weighted by Gasteiger charge is -2.10. The van der Waals surface area contributed by atoms with Crippen LogP contribution in [-0.2, 0) is 13.0 Å². The van der Waals surface area contributed by atoms with E-state index in [-0.39, 0.29) is 24.0 Å². The predicted molar refractivity (Wildman–Crippen MR) is 129 cm³/mol. The van der Waals surface area contributed by atoms with E-state index in [4.69, 9.17) is 19.9 Å². The van der Waals surface area contributed by atoms with Gasteiger partial charge < -0.3 is 25.3 Å². The van der Waals surface area contributed by atoms with Crippen LogP contribution < -0.4 is 25.3 Å². The second-order valence-corrected chi connectivity index (χ2v) is 6.92. The molecule has 0 saturated carbocycles. The molecular weight excluding hydrogens is 481 g/mol. The largest absolute Gasteiger partial charge is 0.493 e. The van der Waals surface area contributed by atoms with E-state index in [9.17, 15) is 0 Å². The molecule has 0 amide bonds. The zero-order chi connectivity index (χ0) is 20.4. The first kappa shape index (κ1) is 24.9. The summed E-state index contributed by atoms with van der Waals surface area (Å²) >= 11 is 0. The molecule has 0 aromatic heterocycles. The lowest BCUT2D eigenvalue weighted by atomic mass is 10.1. The normalized spacial score (nSPS) is 11.0. The molecule has 2 aromatic rings. The Kier molecular flexibility index (Phi) is 11.3. The van der Waals surface area contributed by atoms with Crippen LogP contribution in [0, 0.1) is 5.92 Å². The van der Waals surface area contributed by atoms with E-state index in [0.29, 0.717) is 36.5 Å². The summed E-state index contributed by atoms with van der Waals surface area (Å²) in [5.41, 5.74) is 8.19. The van der Waals surface area contributed by atoms with Crippen LogP contribution in [0.25, 0.3) is 0 Å². The second-order valence-electron chi connectivity index (χ2n) is 6.92. The van der Waals surface area contributed by atoms with Gasteiger partial charge in [0.25, 0.3) is 0 Å². The zero-order valence-corrected chi connectivity index (χ0v) is 19.9. The van der Waals surface area contributed by atoms with Crippen molar-refractivity contribution in [2.24, 2.45) is 16.6 Å². The highest BCUT2D eigenvalue weighted by Gasteiger charge is 2.04. The summed E-state index contributed by atoms with van der Waals surface area (Å²) in [6, 6.07) is 13.9. The third-order valence-electron chi connectivity index (χ3n) is 4.11. The first-order valence-corrected chi connectivity index (χ1v) is 9.48. The Morgan fingerprint density at radius 3 is 2.28 bits per heavy atom. The molecule has 0 spiro atoms. The number of nitrogens with one attached hydrogen (secondary N) is 1. The third-order valence-corrected chi connectivity index (χ3v) is 4.11. The minimum Gasteiger partial charge on any atom is -0.493 e. The average Bonchev–Trinajstić information content (AvgIpc) is 2.71. The maximum Gasteiger partial charge on any atom is 0.188 e. The number of nitrogens with zero attached hydrogens (tertiary/aromatic N) is 1. The first-order valence-electron chi connectivity index (χ1n) is 9.48. The number of aliphatic imine (C=N–C) groups is 1. The average molecular weight is 513 g/mol. The fourth-order valence-electron chi connectivity index (χ4n) is 2.56. The van der Waals surface area contributed by atoms with Crippen LogP contribution in [0.5, 0.6) is 17.2 Å². The van der Waals surface area contributed by atoms with Gasteiger partial charge in [-0.1, -0.05) is 32.0 Å². The van der Waals surface area contributed by atoms with Gasteiger partial charge in [-0.25, -0.2) is 4.99 Å². The summed E-state index contributed by atoms with van der Waals surface area (Å²) in [4.78, 5) is 4.38. The molecule has 0 saturated heterocycles. The van der Waals surface area contributed by atoms with Crippen molar-refractivity contribution in [3.8, 4) is 17.2 Å². The van der Waals surface area contributed by atoms with Crippen molar-refractivity contribution >= 4 is 29.9 Å². The summed E-state index contributed by atoms with van der Waals surface area (Å²) in [5.74, 6) is 3.22. The first-order chi connectivity index (χ1) is 13.5. The topological polar surface area (TPSA) is 78.1 Å². The van der Waals surface area contributed by atoms with E-state index in [0.717, 1.165) is 24.3 Å². The van der Waals surface area contributed by atoms with Gasteiger partial charge in [0, 0.05) is 6.54 Å². The van der Waals surface area contributed by atoms with Crippen LogP contribution in [0.4, 0.5) is 0 Å². The Bertz CT molecular complexity index is 764. The molecule has 0 atom stereocenters. The van der Waals surface area contributed by atoms with Gasteiger partial charge in [0.2, 0.25) is 0 Å². The molecule has 0 fully saturated rings. The molecule has 0 aliphatic rings. The molecule has 0 unspecified atom stereocenters. The Hall–Kier alpha value is -2.16. The number of nitrogens with two attached hydrogens (primary N) is 1. The lowest BCUT2D eigenvalue weighted by molar-refractivity contribution is 0.271. The van der Waals surface area contributed by atoms with Crippen LogP contribution >= 0.6 is 24.0 Å². The number of ether oxygens (including phenoxy) is 3.